The summed E-state index contributed by atoms with van der Waals surface area (Å²) in [6.45, 7) is 3.76. The molecule has 1 aliphatic heterocycles. The van der Waals surface area contributed by atoms with Gasteiger partial charge in [0.15, 0.2) is 5.65 Å². The molecule has 1 N–H and O–H groups in total. The van der Waals surface area contributed by atoms with Crippen LogP contribution < -0.4 is 4.90 Å². The first-order valence-electron chi connectivity index (χ1n) is 9.60. The maximum Gasteiger partial charge on any atom is 0.158 e. The molecule has 5 nitrogen and oxygen atoms in total. The SMILES string of the molecule is Cc1cccc(-c2cc3nc4c(c(N5CCC[C@H](O)C5)n3n2)CCC4)c1. The number of anilines is 1. The minimum absolute atomic E-state index is 0.254. The number of aryl methyl sites for hydroxylation is 2. The van der Waals surface area contributed by atoms with Crippen molar-refractivity contribution in [1.82, 2.24) is 14.6 Å². The monoisotopic (exact) mass is 348 g/mol. The van der Waals surface area contributed by atoms with E-state index in [9.17, 15) is 5.11 Å². The Balaban J connectivity index is 1.69. The Morgan fingerprint density at radius 3 is 2.92 bits per heavy atom. The summed E-state index contributed by atoms with van der Waals surface area (Å²) >= 11 is 0. The molecule has 1 aromatic carbocycles. The summed E-state index contributed by atoms with van der Waals surface area (Å²) in [7, 11) is 0. The van der Waals surface area contributed by atoms with Crippen molar-refractivity contribution < 1.29 is 5.11 Å². The van der Waals surface area contributed by atoms with Crippen LogP contribution in [0.5, 0.6) is 0 Å². The van der Waals surface area contributed by atoms with Gasteiger partial charge in [0.25, 0.3) is 0 Å². The molecule has 1 atom stereocenters. The van der Waals surface area contributed by atoms with Gasteiger partial charge in [0, 0.05) is 36.0 Å². The van der Waals surface area contributed by atoms with Crippen molar-refractivity contribution in [1.29, 1.82) is 0 Å². The lowest BCUT2D eigenvalue weighted by atomic mass is 10.1. The van der Waals surface area contributed by atoms with Gasteiger partial charge in [-0.1, -0.05) is 23.8 Å². The second-order valence-electron chi connectivity index (χ2n) is 7.63. The third-order valence-corrected chi connectivity index (χ3v) is 5.61. The molecule has 5 heteroatoms. The highest BCUT2D eigenvalue weighted by molar-refractivity contribution is 5.68. The predicted molar refractivity (Wildman–Crippen MR) is 103 cm³/mol. The number of aliphatic hydroxyl groups is 1. The number of aliphatic hydroxyl groups excluding tert-OH is 1. The highest BCUT2D eigenvalue weighted by Gasteiger charge is 2.28. The number of hydrogen-bond acceptors (Lipinski definition) is 4. The fraction of sp³-hybridized carbons (Fsp3) is 0.429. The lowest BCUT2D eigenvalue weighted by Crippen LogP contribution is -2.40. The van der Waals surface area contributed by atoms with Crippen molar-refractivity contribution in [2.45, 2.75) is 45.1 Å². The molecule has 1 saturated heterocycles. The molecular formula is C21H24N4O. The Morgan fingerprint density at radius 1 is 1.15 bits per heavy atom. The fourth-order valence-electron chi connectivity index (χ4n) is 4.38. The van der Waals surface area contributed by atoms with Crippen LogP contribution in [0.4, 0.5) is 5.82 Å². The Morgan fingerprint density at radius 2 is 2.08 bits per heavy atom. The minimum Gasteiger partial charge on any atom is -0.391 e. The summed E-state index contributed by atoms with van der Waals surface area (Å²) in [6, 6.07) is 10.5. The Kier molecular flexibility index (Phi) is 3.71. The van der Waals surface area contributed by atoms with Crippen LogP contribution >= 0.6 is 0 Å². The zero-order valence-corrected chi connectivity index (χ0v) is 15.1. The van der Waals surface area contributed by atoms with Gasteiger partial charge in [-0.25, -0.2) is 4.98 Å². The van der Waals surface area contributed by atoms with Gasteiger partial charge in [-0.05, 0) is 45.1 Å². The van der Waals surface area contributed by atoms with Crippen molar-refractivity contribution in [2.75, 3.05) is 18.0 Å². The lowest BCUT2D eigenvalue weighted by molar-refractivity contribution is 0.153. The summed E-state index contributed by atoms with van der Waals surface area (Å²) in [4.78, 5) is 7.23. The highest BCUT2D eigenvalue weighted by atomic mass is 16.3. The van der Waals surface area contributed by atoms with E-state index >= 15 is 0 Å². The summed E-state index contributed by atoms with van der Waals surface area (Å²) in [5, 5.41) is 15.1. The number of benzene rings is 1. The number of rotatable bonds is 2. The van der Waals surface area contributed by atoms with Crippen LogP contribution in [0.3, 0.4) is 0 Å². The normalized spacial score (nSPS) is 19.9. The molecule has 0 bridgehead atoms. The topological polar surface area (TPSA) is 53.7 Å². The number of piperidine rings is 1. The summed E-state index contributed by atoms with van der Waals surface area (Å²) in [5.41, 5.74) is 6.77. The van der Waals surface area contributed by atoms with E-state index < -0.39 is 0 Å². The highest BCUT2D eigenvalue weighted by Crippen LogP contribution is 2.34. The molecule has 2 aromatic heterocycles. The molecule has 0 saturated carbocycles. The van der Waals surface area contributed by atoms with Crippen LogP contribution in [0.1, 0.15) is 36.1 Å². The first kappa shape index (κ1) is 15.8. The zero-order chi connectivity index (χ0) is 17.7. The van der Waals surface area contributed by atoms with Gasteiger partial charge < -0.3 is 10.0 Å². The molecule has 3 aromatic rings. The largest absolute Gasteiger partial charge is 0.391 e. The molecule has 0 amide bonds. The molecule has 0 spiro atoms. The summed E-state index contributed by atoms with van der Waals surface area (Å²) in [5.74, 6) is 1.15. The molecular weight excluding hydrogens is 324 g/mol. The number of fused-ring (bicyclic) bond motifs is 2. The molecule has 1 aliphatic carbocycles. The van der Waals surface area contributed by atoms with Gasteiger partial charge >= 0.3 is 0 Å². The molecule has 134 valence electrons. The van der Waals surface area contributed by atoms with Gasteiger partial charge in [-0.2, -0.15) is 9.61 Å². The maximum atomic E-state index is 10.2. The fourth-order valence-corrected chi connectivity index (χ4v) is 4.38. The van der Waals surface area contributed by atoms with Crippen molar-refractivity contribution in [3.63, 3.8) is 0 Å². The van der Waals surface area contributed by atoms with Gasteiger partial charge in [0.05, 0.1) is 11.8 Å². The van der Waals surface area contributed by atoms with E-state index in [1.807, 2.05) is 4.52 Å². The van der Waals surface area contributed by atoms with Crippen LogP contribution in [0.25, 0.3) is 16.9 Å². The summed E-state index contributed by atoms with van der Waals surface area (Å²) < 4.78 is 2.01. The number of β-amino-alcohol motifs (C(OH)–C–C–N with tert-alkyl or cyclic N) is 1. The zero-order valence-electron chi connectivity index (χ0n) is 15.1. The van der Waals surface area contributed by atoms with Crippen molar-refractivity contribution >= 4 is 11.5 Å². The smallest absolute Gasteiger partial charge is 0.158 e. The second-order valence-corrected chi connectivity index (χ2v) is 7.63. The Bertz CT molecular complexity index is 978. The first-order valence-corrected chi connectivity index (χ1v) is 9.60. The molecule has 5 rings (SSSR count). The van der Waals surface area contributed by atoms with Crippen molar-refractivity contribution in [3.8, 4) is 11.3 Å². The van der Waals surface area contributed by atoms with E-state index in [0.29, 0.717) is 6.54 Å². The number of hydrogen-bond donors (Lipinski definition) is 1. The average molecular weight is 348 g/mol. The van der Waals surface area contributed by atoms with Gasteiger partial charge in [-0.3, -0.25) is 0 Å². The van der Waals surface area contributed by atoms with Crippen molar-refractivity contribution in [3.05, 3.63) is 47.2 Å². The third-order valence-electron chi connectivity index (χ3n) is 5.61. The standard InChI is InChI=1S/C21H24N4O/c1-14-5-2-6-15(11-14)19-12-20-22-18-9-3-8-17(18)21(25(20)23-19)24-10-4-7-16(26)13-24/h2,5-6,11-12,16,26H,3-4,7-10,13H2,1H3/t16-/m0/s1. The second kappa shape index (κ2) is 6.09. The van der Waals surface area contributed by atoms with E-state index in [2.05, 4.69) is 42.2 Å². The van der Waals surface area contributed by atoms with E-state index in [1.165, 1.54) is 16.8 Å². The van der Waals surface area contributed by atoms with Crippen LogP contribution in [0.2, 0.25) is 0 Å². The first-order chi connectivity index (χ1) is 12.7. The van der Waals surface area contributed by atoms with Gasteiger partial charge in [0.1, 0.15) is 5.82 Å². The minimum atomic E-state index is -0.254. The van der Waals surface area contributed by atoms with Crippen LogP contribution in [0, 0.1) is 6.92 Å². The molecule has 26 heavy (non-hydrogen) atoms. The van der Waals surface area contributed by atoms with Crippen LogP contribution in [-0.4, -0.2) is 38.9 Å². The molecule has 0 unspecified atom stereocenters. The molecule has 0 radical (unpaired) electrons. The van der Waals surface area contributed by atoms with Crippen LogP contribution in [-0.2, 0) is 12.8 Å². The lowest BCUT2D eigenvalue weighted by Gasteiger charge is -2.33. The third kappa shape index (κ3) is 2.58. The van der Waals surface area contributed by atoms with E-state index in [1.54, 1.807) is 0 Å². The van der Waals surface area contributed by atoms with Gasteiger partial charge in [-0.15, -0.1) is 0 Å². The van der Waals surface area contributed by atoms with E-state index in [0.717, 1.165) is 61.4 Å². The predicted octanol–water partition coefficient (Wildman–Crippen LogP) is 3.15. The van der Waals surface area contributed by atoms with E-state index in [-0.39, 0.29) is 6.10 Å². The quantitative estimate of drug-likeness (QED) is 0.773. The Hall–Kier alpha value is -2.40. The summed E-state index contributed by atoms with van der Waals surface area (Å²) in [6.07, 6.45) is 4.91. The number of nitrogens with zero attached hydrogens (tertiary/aromatic N) is 4. The molecule has 1 fully saturated rings. The Labute approximate surface area is 153 Å². The van der Waals surface area contributed by atoms with Gasteiger partial charge in [0.2, 0.25) is 0 Å². The van der Waals surface area contributed by atoms with Crippen LogP contribution in [0.15, 0.2) is 30.3 Å². The molecule has 3 heterocycles. The van der Waals surface area contributed by atoms with E-state index in [4.69, 9.17) is 10.1 Å². The average Bonchev–Trinajstić information content (AvgIpc) is 3.25. The molecule has 2 aliphatic rings. The maximum absolute atomic E-state index is 10.2. The number of aromatic nitrogens is 3. The van der Waals surface area contributed by atoms with Crippen molar-refractivity contribution in [2.24, 2.45) is 0 Å².